The highest BCUT2D eigenvalue weighted by Gasteiger charge is 2.16. The van der Waals surface area contributed by atoms with Crippen molar-refractivity contribution in [3.63, 3.8) is 0 Å². The first-order valence-corrected chi connectivity index (χ1v) is 7.94. The van der Waals surface area contributed by atoms with Crippen LogP contribution in [0.5, 0.6) is 11.5 Å². The van der Waals surface area contributed by atoms with E-state index in [0.717, 1.165) is 16.5 Å². The van der Waals surface area contributed by atoms with E-state index in [-0.39, 0.29) is 0 Å². The topological polar surface area (TPSA) is 38.7 Å². The van der Waals surface area contributed by atoms with Gasteiger partial charge in [0.2, 0.25) is 0 Å². The molecule has 0 bridgehead atoms. The number of hydrogen-bond donors (Lipinski definition) is 1. The van der Waals surface area contributed by atoms with Gasteiger partial charge >= 0.3 is 0 Å². The molecule has 1 atom stereocenters. The van der Waals surface area contributed by atoms with Gasteiger partial charge < -0.3 is 14.6 Å². The Bertz CT molecular complexity index is 554. The fourth-order valence-corrected chi connectivity index (χ4v) is 3.33. The normalized spacial score (nSPS) is 12.2. The average Bonchev–Trinajstić information content (AvgIpc) is 2.97. The maximum atomic E-state index is 10.4. The zero-order valence-electron chi connectivity index (χ0n) is 11.4. The molecular formula is C15H17BrO3S. The van der Waals surface area contributed by atoms with Crippen molar-refractivity contribution in [2.75, 3.05) is 14.2 Å². The number of aliphatic hydroxyl groups excluding tert-OH is 1. The van der Waals surface area contributed by atoms with E-state index in [9.17, 15) is 5.11 Å². The molecule has 20 heavy (non-hydrogen) atoms. The van der Waals surface area contributed by atoms with E-state index in [2.05, 4.69) is 22.0 Å². The van der Waals surface area contributed by atoms with Crippen LogP contribution in [0.1, 0.15) is 23.0 Å². The van der Waals surface area contributed by atoms with Crippen LogP contribution in [-0.2, 0) is 6.42 Å². The van der Waals surface area contributed by atoms with Crippen LogP contribution in [0.2, 0.25) is 0 Å². The number of methoxy groups -OCH3 is 2. The molecule has 108 valence electrons. The lowest BCUT2D eigenvalue weighted by atomic mass is 10.0. The van der Waals surface area contributed by atoms with E-state index >= 15 is 0 Å². The molecule has 1 heterocycles. The van der Waals surface area contributed by atoms with Gasteiger partial charge in [-0.05, 0) is 42.0 Å². The monoisotopic (exact) mass is 356 g/mol. The summed E-state index contributed by atoms with van der Waals surface area (Å²) in [5, 5.41) is 12.4. The predicted molar refractivity (Wildman–Crippen MR) is 84.8 cm³/mol. The molecule has 5 heteroatoms. The van der Waals surface area contributed by atoms with Crippen LogP contribution < -0.4 is 9.47 Å². The molecule has 1 unspecified atom stereocenters. The van der Waals surface area contributed by atoms with Crippen molar-refractivity contribution in [2.24, 2.45) is 0 Å². The van der Waals surface area contributed by atoms with E-state index in [1.54, 1.807) is 25.6 Å². The van der Waals surface area contributed by atoms with E-state index in [0.29, 0.717) is 17.9 Å². The molecule has 0 aliphatic carbocycles. The molecule has 0 fully saturated rings. The summed E-state index contributed by atoms with van der Waals surface area (Å²) in [6.07, 6.45) is 1.00. The summed E-state index contributed by atoms with van der Waals surface area (Å²) >= 11 is 5.19. The number of aryl methyl sites for hydroxylation is 1. The Hall–Kier alpha value is -1.04. The maximum absolute atomic E-state index is 10.4. The molecule has 0 radical (unpaired) electrons. The highest BCUT2D eigenvalue weighted by atomic mass is 79.9. The van der Waals surface area contributed by atoms with Crippen molar-refractivity contribution < 1.29 is 14.6 Å². The lowest BCUT2D eigenvalue weighted by molar-refractivity contribution is 0.167. The zero-order chi connectivity index (χ0) is 14.5. The summed E-state index contributed by atoms with van der Waals surface area (Å²) in [6, 6.07) is 7.75. The SMILES string of the molecule is COc1cc(Br)c(C(O)CCc2cccs2)cc1OC. The molecule has 1 N–H and O–H groups in total. The van der Waals surface area contributed by atoms with Crippen LogP contribution in [-0.4, -0.2) is 19.3 Å². The van der Waals surface area contributed by atoms with Gasteiger partial charge in [-0.15, -0.1) is 11.3 Å². The van der Waals surface area contributed by atoms with Gasteiger partial charge in [0.1, 0.15) is 0 Å². The quantitative estimate of drug-likeness (QED) is 0.842. The summed E-state index contributed by atoms with van der Waals surface area (Å²) in [7, 11) is 3.19. The molecule has 0 saturated carbocycles. The maximum Gasteiger partial charge on any atom is 0.161 e. The second-order valence-corrected chi connectivity index (χ2v) is 6.25. The number of aliphatic hydroxyl groups is 1. The molecule has 3 nitrogen and oxygen atoms in total. The van der Waals surface area contributed by atoms with Crippen molar-refractivity contribution in [1.82, 2.24) is 0 Å². The fourth-order valence-electron chi connectivity index (χ4n) is 2.01. The number of rotatable bonds is 6. The third-order valence-electron chi connectivity index (χ3n) is 3.11. The van der Waals surface area contributed by atoms with Crippen LogP contribution in [0.3, 0.4) is 0 Å². The Kier molecular flexibility index (Phi) is 5.46. The van der Waals surface area contributed by atoms with Crippen molar-refractivity contribution in [3.8, 4) is 11.5 Å². The third kappa shape index (κ3) is 3.53. The Morgan fingerprint density at radius 3 is 2.55 bits per heavy atom. The van der Waals surface area contributed by atoms with Crippen molar-refractivity contribution in [1.29, 1.82) is 0 Å². The molecule has 2 rings (SSSR count). The summed E-state index contributed by atoms with van der Waals surface area (Å²) in [4.78, 5) is 1.28. The van der Waals surface area contributed by atoms with E-state index < -0.39 is 6.10 Å². The highest BCUT2D eigenvalue weighted by Crippen LogP contribution is 2.37. The van der Waals surface area contributed by atoms with Crippen molar-refractivity contribution >= 4 is 27.3 Å². The third-order valence-corrected chi connectivity index (χ3v) is 4.73. The Balaban J connectivity index is 2.14. The number of ether oxygens (including phenoxy) is 2. The van der Waals surface area contributed by atoms with Gasteiger partial charge in [0.05, 0.1) is 20.3 Å². The number of thiophene rings is 1. The molecule has 1 aromatic heterocycles. The summed E-state index contributed by atoms with van der Waals surface area (Å²) < 4.78 is 11.3. The number of halogens is 1. The number of benzene rings is 1. The molecule has 0 aliphatic rings. The van der Waals surface area contributed by atoms with Gasteiger partial charge in [-0.1, -0.05) is 22.0 Å². The lowest BCUT2D eigenvalue weighted by Crippen LogP contribution is -2.02. The van der Waals surface area contributed by atoms with Gasteiger partial charge in [-0.2, -0.15) is 0 Å². The minimum atomic E-state index is -0.536. The van der Waals surface area contributed by atoms with Crippen LogP contribution in [0.25, 0.3) is 0 Å². The molecule has 0 aliphatic heterocycles. The van der Waals surface area contributed by atoms with E-state index in [1.165, 1.54) is 4.88 Å². The first-order chi connectivity index (χ1) is 9.65. The van der Waals surface area contributed by atoms with Gasteiger partial charge in [0.25, 0.3) is 0 Å². The number of hydrogen-bond acceptors (Lipinski definition) is 4. The second kappa shape index (κ2) is 7.11. The first-order valence-electron chi connectivity index (χ1n) is 6.27. The minimum Gasteiger partial charge on any atom is -0.493 e. The standard InChI is InChI=1S/C15H17BrO3S/c1-18-14-8-11(12(16)9-15(14)19-2)13(17)6-5-10-4-3-7-20-10/h3-4,7-9,13,17H,5-6H2,1-2H3. The molecule has 1 aromatic carbocycles. The first kappa shape index (κ1) is 15.4. The molecule has 0 amide bonds. The molecule has 2 aromatic rings. The van der Waals surface area contributed by atoms with E-state index in [4.69, 9.17) is 9.47 Å². The predicted octanol–water partition coefficient (Wildman–Crippen LogP) is 4.19. The van der Waals surface area contributed by atoms with Crippen molar-refractivity contribution in [3.05, 3.63) is 44.6 Å². The summed E-state index contributed by atoms with van der Waals surface area (Å²) in [5.74, 6) is 1.27. The zero-order valence-corrected chi connectivity index (χ0v) is 13.8. The molecule has 0 saturated heterocycles. The Labute approximate surface area is 131 Å². The highest BCUT2D eigenvalue weighted by molar-refractivity contribution is 9.10. The second-order valence-electron chi connectivity index (χ2n) is 4.36. The summed E-state index contributed by atoms with van der Waals surface area (Å²) in [5.41, 5.74) is 0.819. The lowest BCUT2D eigenvalue weighted by Gasteiger charge is -2.16. The van der Waals surface area contributed by atoms with Crippen molar-refractivity contribution in [2.45, 2.75) is 18.9 Å². The van der Waals surface area contributed by atoms with Gasteiger partial charge in [-0.3, -0.25) is 0 Å². The molecular weight excluding hydrogens is 340 g/mol. The fraction of sp³-hybridized carbons (Fsp3) is 0.333. The summed E-state index contributed by atoms with van der Waals surface area (Å²) in [6.45, 7) is 0. The van der Waals surface area contributed by atoms with Gasteiger partial charge in [-0.25, -0.2) is 0 Å². The average molecular weight is 357 g/mol. The van der Waals surface area contributed by atoms with Gasteiger partial charge in [0, 0.05) is 9.35 Å². The Morgan fingerprint density at radius 1 is 1.25 bits per heavy atom. The largest absolute Gasteiger partial charge is 0.493 e. The van der Waals surface area contributed by atoms with Gasteiger partial charge in [0.15, 0.2) is 11.5 Å². The van der Waals surface area contributed by atoms with Crippen LogP contribution >= 0.6 is 27.3 Å². The smallest absolute Gasteiger partial charge is 0.161 e. The molecule has 0 spiro atoms. The Morgan fingerprint density at radius 2 is 1.95 bits per heavy atom. The van der Waals surface area contributed by atoms with E-state index in [1.807, 2.05) is 23.6 Å². The van der Waals surface area contributed by atoms with Crippen LogP contribution in [0.4, 0.5) is 0 Å². The minimum absolute atomic E-state index is 0.536. The van der Waals surface area contributed by atoms with Crippen LogP contribution in [0, 0.1) is 0 Å². The van der Waals surface area contributed by atoms with Crippen LogP contribution in [0.15, 0.2) is 34.1 Å².